The van der Waals surface area contributed by atoms with E-state index >= 15 is 0 Å². The standard InChI is InChI=1S/C23H30N2O2/c1-4-9-25-21-13-17-7-5-6-16(17)11-18(21)12-19(22(25)26)15-24-20-8-10-27-23(2,3)14-20/h4,11-13,20,24H,1,5-10,14-15H2,2-3H3/t20-/m0/s1. The van der Waals surface area contributed by atoms with E-state index < -0.39 is 0 Å². The lowest BCUT2D eigenvalue weighted by Crippen LogP contribution is -2.44. The number of ether oxygens (including phenoxy) is 1. The summed E-state index contributed by atoms with van der Waals surface area (Å²) in [5, 5.41) is 4.77. The van der Waals surface area contributed by atoms with Crippen LogP contribution in [0, 0.1) is 0 Å². The van der Waals surface area contributed by atoms with Gasteiger partial charge in [-0.05, 0) is 80.7 Å². The minimum atomic E-state index is -0.0943. The third-order valence-corrected chi connectivity index (χ3v) is 5.97. The molecule has 1 fully saturated rings. The number of aryl methyl sites for hydroxylation is 2. The molecule has 1 aromatic heterocycles. The Bertz CT molecular complexity index is 926. The van der Waals surface area contributed by atoms with E-state index in [2.05, 4.69) is 43.9 Å². The van der Waals surface area contributed by atoms with Crippen LogP contribution in [0.15, 0.2) is 35.6 Å². The summed E-state index contributed by atoms with van der Waals surface area (Å²) in [7, 11) is 0. The quantitative estimate of drug-likeness (QED) is 0.820. The number of nitrogens with zero attached hydrogens (tertiary/aromatic N) is 1. The van der Waals surface area contributed by atoms with E-state index in [-0.39, 0.29) is 11.2 Å². The van der Waals surface area contributed by atoms with Crippen LogP contribution in [-0.2, 0) is 30.7 Å². The molecule has 0 saturated carbocycles. The van der Waals surface area contributed by atoms with Crippen molar-refractivity contribution in [3.05, 3.63) is 57.9 Å². The molecule has 4 heteroatoms. The smallest absolute Gasteiger partial charge is 0.255 e. The number of rotatable bonds is 5. The van der Waals surface area contributed by atoms with Gasteiger partial charge in [0, 0.05) is 31.3 Å². The molecule has 2 aromatic rings. The normalized spacial score (nSPS) is 21.3. The molecule has 1 saturated heterocycles. The van der Waals surface area contributed by atoms with Gasteiger partial charge in [-0.1, -0.05) is 6.08 Å². The monoisotopic (exact) mass is 366 g/mol. The second kappa shape index (κ2) is 7.25. The zero-order valence-electron chi connectivity index (χ0n) is 16.5. The lowest BCUT2D eigenvalue weighted by Gasteiger charge is -2.36. The Morgan fingerprint density at radius 2 is 2.07 bits per heavy atom. The second-order valence-corrected chi connectivity index (χ2v) is 8.59. The van der Waals surface area contributed by atoms with Gasteiger partial charge in [0.05, 0.1) is 11.1 Å². The number of hydrogen-bond acceptors (Lipinski definition) is 3. The summed E-state index contributed by atoms with van der Waals surface area (Å²) >= 11 is 0. The predicted octanol–water partition coefficient (Wildman–Crippen LogP) is 3.72. The van der Waals surface area contributed by atoms with E-state index in [4.69, 9.17) is 4.74 Å². The lowest BCUT2D eigenvalue weighted by molar-refractivity contribution is -0.0630. The van der Waals surface area contributed by atoms with Crippen molar-refractivity contribution in [1.29, 1.82) is 0 Å². The lowest BCUT2D eigenvalue weighted by atomic mass is 9.94. The van der Waals surface area contributed by atoms with E-state index in [9.17, 15) is 4.79 Å². The molecule has 2 heterocycles. The zero-order valence-corrected chi connectivity index (χ0v) is 16.5. The Hall–Kier alpha value is -1.91. The van der Waals surface area contributed by atoms with Gasteiger partial charge in [-0.3, -0.25) is 4.79 Å². The maximum Gasteiger partial charge on any atom is 0.255 e. The van der Waals surface area contributed by atoms with E-state index in [0.717, 1.165) is 43.4 Å². The summed E-state index contributed by atoms with van der Waals surface area (Å²) in [6, 6.07) is 6.99. The summed E-state index contributed by atoms with van der Waals surface area (Å²) in [4.78, 5) is 13.1. The summed E-state index contributed by atoms with van der Waals surface area (Å²) in [5.74, 6) is 0. The first-order valence-electron chi connectivity index (χ1n) is 10.1. The van der Waals surface area contributed by atoms with Gasteiger partial charge in [0.25, 0.3) is 5.56 Å². The van der Waals surface area contributed by atoms with Crippen LogP contribution in [-0.4, -0.2) is 22.8 Å². The molecule has 1 aromatic carbocycles. The topological polar surface area (TPSA) is 43.3 Å². The number of pyridine rings is 1. The molecular weight excluding hydrogens is 336 g/mol. The Kier molecular flexibility index (Phi) is 4.95. The molecule has 0 amide bonds. The van der Waals surface area contributed by atoms with Crippen molar-refractivity contribution in [2.45, 2.75) is 70.7 Å². The van der Waals surface area contributed by atoms with E-state index in [0.29, 0.717) is 19.1 Å². The molecule has 4 nitrogen and oxygen atoms in total. The second-order valence-electron chi connectivity index (χ2n) is 8.59. The summed E-state index contributed by atoms with van der Waals surface area (Å²) in [5.41, 5.74) is 4.72. The highest BCUT2D eigenvalue weighted by Gasteiger charge is 2.28. The van der Waals surface area contributed by atoms with Crippen LogP contribution in [0.2, 0.25) is 0 Å². The van der Waals surface area contributed by atoms with Gasteiger partial charge in [0.1, 0.15) is 0 Å². The summed E-state index contributed by atoms with van der Waals surface area (Å²) in [6.45, 7) is 10.0. The molecule has 0 bridgehead atoms. The van der Waals surface area contributed by atoms with Crippen LogP contribution in [0.4, 0.5) is 0 Å². The average Bonchev–Trinajstić information content (AvgIpc) is 3.08. The minimum Gasteiger partial charge on any atom is -0.375 e. The van der Waals surface area contributed by atoms with Crippen molar-refractivity contribution >= 4 is 10.9 Å². The molecule has 0 spiro atoms. The summed E-state index contributed by atoms with van der Waals surface area (Å²) < 4.78 is 7.69. The van der Waals surface area contributed by atoms with Crippen LogP contribution in [0.1, 0.15) is 49.8 Å². The highest BCUT2D eigenvalue weighted by molar-refractivity contribution is 5.82. The Morgan fingerprint density at radius 3 is 2.81 bits per heavy atom. The van der Waals surface area contributed by atoms with Crippen molar-refractivity contribution in [3.63, 3.8) is 0 Å². The van der Waals surface area contributed by atoms with Crippen LogP contribution >= 0.6 is 0 Å². The van der Waals surface area contributed by atoms with E-state index in [1.54, 1.807) is 0 Å². The minimum absolute atomic E-state index is 0.0943. The molecule has 1 N–H and O–H groups in total. The number of fused-ring (bicyclic) bond motifs is 2. The SMILES string of the molecule is C=CCn1c(=O)c(CN[C@H]2CCOC(C)(C)C2)cc2cc3c(cc21)CCC3. The molecule has 1 atom stereocenters. The van der Waals surface area contributed by atoms with Crippen molar-refractivity contribution in [2.24, 2.45) is 0 Å². The molecule has 2 aliphatic rings. The fourth-order valence-corrected chi connectivity index (χ4v) is 4.61. The largest absolute Gasteiger partial charge is 0.375 e. The Balaban J connectivity index is 1.66. The fraction of sp³-hybridized carbons (Fsp3) is 0.522. The molecule has 144 valence electrons. The van der Waals surface area contributed by atoms with Gasteiger partial charge in [-0.2, -0.15) is 0 Å². The van der Waals surface area contributed by atoms with Crippen molar-refractivity contribution < 1.29 is 4.74 Å². The third kappa shape index (κ3) is 3.74. The maximum atomic E-state index is 13.1. The van der Waals surface area contributed by atoms with Crippen molar-refractivity contribution in [1.82, 2.24) is 9.88 Å². The fourth-order valence-electron chi connectivity index (χ4n) is 4.61. The maximum absolute atomic E-state index is 13.1. The number of allylic oxidation sites excluding steroid dienone is 1. The Morgan fingerprint density at radius 1 is 1.30 bits per heavy atom. The number of hydrogen-bond donors (Lipinski definition) is 1. The molecule has 0 unspecified atom stereocenters. The number of benzene rings is 1. The van der Waals surface area contributed by atoms with Gasteiger partial charge in [0.15, 0.2) is 0 Å². The molecule has 0 radical (unpaired) electrons. The first-order chi connectivity index (χ1) is 13.0. The highest BCUT2D eigenvalue weighted by atomic mass is 16.5. The van der Waals surface area contributed by atoms with Crippen molar-refractivity contribution in [2.75, 3.05) is 6.61 Å². The van der Waals surface area contributed by atoms with Gasteiger partial charge < -0.3 is 14.6 Å². The van der Waals surface area contributed by atoms with Crippen LogP contribution in [0.3, 0.4) is 0 Å². The summed E-state index contributed by atoms with van der Waals surface area (Å²) in [6.07, 6.45) is 7.25. The highest BCUT2D eigenvalue weighted by Crippen LogP contribution is 2.28. The van der Waals surface area contributed by atoms with Crippen LogP contribution < -0.4 is 10.9 Å². The molecule has 27 heavy (non-hydrogen) atoms. The van der Waals surface area contributed by atoms with Crippen molar-refractivity contribution in [3.8, 4) is 0 Å². The molecule has 1 aliphatic heterocycles. The van der Waals surface area contributed by atoms with E-state index in [1.165, 1.54) is 22.9 Å². The first kappa shape index (κ1) is 18.5. The molecule has 1 aliphatic carbocycles. The molecular formula is C23H30N2O2. The first-order valence-corrected chi connectivity index (χ1v) is 10.1. The third-order valence-electron chi connectivity index (χ3n) is 5.97. The number of aromatic nitrogens is 1. The van der Waals surface area contributed by atoms with Gasteiger partial charge in [0.2, 0.25) is 0 Å². The molecule has 4 rings (SSSR count). The van der Waals surface area contributed by atoms with E-state index in [1.807, 2.05) is 10.6 Å². The number of nitrogens with one attached hydrogen (secondary N) is 1. The average molecular weight is 367 g/mol. The van der Waals surface area contributed by atoms with Gasteiger partial charge in [-0.25, -0.2) is 0 Å². The predicted molar refractivity (Wildman–Crippen MR) is 110 cm³/mol. The van der Waals surface area contributed by atoms with Gasteiger partial charge in [-0.15, -0.1) is 6.58 Å². The van der Waals surface area contributed by atoms with Crippen LogP contribution in [0.5, 0.6) is 0 Å². The Labute approximate surface area is 161 Å². The zero-order chi connectivity index (χ0) is 19.0. The van der Waals surface area contributed by atoms with Gasteiger partial charge >= 0.3 is 0 Å². The van der Waals surface area contributed by atoms with Crippen LogP contribution in [0.25, 0.3) is 10.9 Å².